The van der Waals surface area contributed by atoms with Crippen molar-refractivity contribution in [3.8, 4) is 0 Å². The lowest BCUT2D eigenvalue weighted by Gasteiger charge is -2.34. The van der Waals surface area contributed by atoms with Gasteiger partial charge in [-0.1, -0.05) is 30.3 Å². The lowest BCUT2D eigenvalue weighted by Crippen LogP contribution is -2.41. The van der Waals surface area contributed by atoms with Crippen LogP contribution in [0.5, 0.6) is 0 Å². The van der Waals surface area contributed by atoms with Gasteiger partial charge in [-0.25, -0.2) is 18.7 Å². The Labute approximate surface area is 208 Å². The molecule has 198 valence electrons. The molecule has 15 heteroatoms. The summed E-state index contributed by atoms with van der Waals surface area (Å²) in [5.74, 6) is 0. The first-order valence-electron chi connectivity index (χ1n) is 11.2. The summed E-state index contributed by atoms with van der Waals surface area (Å²) in [6.45, 7) is -0.0317. The van der Waals surface area contributed by atoms with Gasteiger partial charge in [0.05, 0.1) is 34.4 Å². The van der Waals surface area contributed by atoms with E-state index in [1.165, 1.54) is 17.0 Å². The Bertz CT molecular complexity index is 1190. The average Bonchev–Trinajstić information content (AvgIpc) is 3.14. The van der Waals surface area contributed by atoms with E-state index in [0.29, 0.717) is 11.0 Å². The molecule has 2 aliphatic heterocycles. The number of hydrogen-bond acceptors (Lipinski definition) is 11. The first-order chi connectivity index (χ1) is 16.9. The van der Waals surface area contributed by atoms with Crippen molar-refractivity contribution < 1.29 is 45.9 Å². The van der Waals surface area contributed by atoms with Crippen LogP contribution in [0.4, 0.5) is 0 Å². The number of fused-ring (bicyclic) bond motifs is 1. The minimum atomic E-state index is -5.03. The van der Waals surface area contributed by atoms with Gasteiger partial charge in [-0.2, -0.15) is 0 Å². The molecular weight excluding hydrogens is 516 g/mol. The quantitative estimate of drug-likeness (QED) is 0.316. The molecule has 1 aromatic heterocycles. The van der Waals surface area contributed by atoms with Crippen molar-refractivity contribution >= 4 is 15.6 Å². The van der Waals surface area contributed by atoms with Crippen LogP contribution in [-0.2, 0) is 43.1 Å². The van der Waals surface area contributed by atoms with E-state index in [4.69, 9.17) is 27.4 Å². The zero-order valence-corrected chi connectivity index (χ0v) is 21.9. The first kappa shape index (κ1) is 27.3. The van der Waals surface area contributed by atoms with E-state index in [9.17, 15) is 18.8 Å². The predicted octanol–water partition coefficient (Wildman–Crippen LogP) is 1.46. The summed E-state index contributed by atoms with van der Waals surface area (Å²) in [6.07, 6.45) is -1.05. The van der Waals surface area contributed by atoms with Crippen molar-refractivity contribution in [1.29, 1.82) is 0 Å². The smallest absolute Gasteiger partial charge is 0.481 e. The summed E-state index contributed by atoms with van der Waals surface area (Å²) in [4.78, 5) is 28.5. The highest BCUT2D eigenvalue weighted by molar-refractivity contribution is 7.61. The lowest BCUT2D eigenvalue weighted by atomic mass is 10.1. The zero-order chi connectivity index (χ0) is 26.0. The van der Waals surface area contributed by atoms with Crippen LogP contribution in [0.25, 0.3) is 0 Å². The third kappa shape index (κ3) is 6.96. The molecule has 0 aliphatic carbocycles. The van der Waals surface area contributed by atoms with Gasteiger partial charge in [-0.05, 0) is 11.6 Å². The van der Waals surface area contributed by atoms with Crippen LogP contribution in [0.1, 0.15) is 11.8 Å². The molecule has 13 nitrogen and oxygen atoms in total. The number of nitrogens with zero attached hydrogens (tertiary/aromatic N) is 3. The Morgan fingerprint density at radius 3 is 2.69 bits per heavy atom. The molecule has 2 aliphatic rings. The fourth-order valence-corrected chi connectivity index (χ4v) is 6.42. The molecule has 2 saturated heterocycles. The van der Waals surface area contributed by atoms with Crippen LogP contribution in [0.2, 0.25) is 0 Å². The Morgan fingerprint density at radius 2 is 2.00 bits per heavy atom. The normalized spacial score (nSPS) is 30.0. The topological polar surface area (TPSA) is 147 Å². The number of phosphoric ester groups is 2. The Balaban J connectivity index is 1.52. The summed E-state index contributed by atoms with van der Waals surface area (Å²) in [5, 5.41) is 0. The number of benzene rings is 1. The predicted molar refractivity (Wildman–Crippen MR) is 123 cm³/mol. The maximum atomic E-state index is 13.2. The highest BCUT2D eigenvalue weighted by Crippen LogP contribution is 2.65. The number of quaternary nitrogens is 1. The fourth-order valence-electron chi connectivity index (χ4n) is 3.66. The average molecular weight is 545 g/mol. The van der Waals surface area contributed by atoms with Crippen LogP contribution >= 0.6 is 15.6 Å². The molecule has 2 aromatic rings. The second-order valence-corrected chi connectivity index (χ2v) is 12.5. The van der Waals surface area contributed by atoms with Crippen LogP contribution < -0.4 is 10.6 Å². The molecule has 36 heavy (non-hydrogen) atoms. The van der Waals surface area contributed by atoms with Gasteiger partial charge in [0.1, 0.15) is 31.5 Å². The molecule has 0 amide bonds. The minimum Gasteiger partial charge on any atom is -0.756 e. The largest absolute Gasteiger partial charge is 0.756 e. The first-order valence-corrected chi connectivity index (χ1v) is 14.1. The lowest BCUT2D eigenvalue weighted by molar-refractivity contribution is -0.870. The zero-order valence-electron chi connectivity index (χ0n) is 20.1. The standard InChI is InChI=1S/C21H29N3O10P2/c1-24(2,3)12-13-30-35(26,27)34-36(28)31-15-17-18(33-36)19(29-14-16-8-5-4-6-9-16)20(32-17)23-11-7-10-22-21(23)25/h4-11,17-20H,12-15H2,1-3H3/t17-,18-,19?,20-,36?/m1/s1. The summed E-state index contributed by atoms with van der Waals surface area (Å²) in [7, 11) is -4.08. The van der Waals surface area contributed by atoms with E-state index in [0.717, 1.165) is 5.56 Å². The molecule has 4 rings (SSSR count). The number of aromatic nitrogens is 2. The van der Waals surface area contributed by atoms with Crippen molar-refractivity contribution in [1.82, 2.24) is 9.55 Å². The maximum absolute atomic E-state index is 13.2. The van der Waals surface area contributed by atoms with Gasteiger partial charge in [0.2, 0.25) is 0 Å². The van der Waals surface area contributed by atoms with Crippen LogP contribution in [-0.4, -0.2) is 73.2 Å². The monoisotopic (exact) mass is 545 g/mol. The summed E-state index contributed by atoms with van der Waals surface area (Å²) < 4.78 is 59.5. The molecule has 0 N–H and O–H groups in total. The van der Waals surface area contributed by atoms with Crippen molar-refractivity contribution in [3.05, 3.63) is 64.8 Å². The van der Waals surface area contributed by atoms with Crippen molar-refractivity contribution in [3.63, 3.8) is 0 Å². The van der Waals surface area contributed by atoms with Crippen molar-refractivity contribution in [2.45, 2.75) is 31.1 Å². The maximum Gasteiger partial charge on any atom is 0.481 e. The van der Waals surface area contributed by atoms with Gasteiger partial charge >= 0.3 is 13.5 Å². The van der Waals surface area contributed by atoms with E-state index in [2.05, 4.69) is 4.98 Å². The molecule has 0 spiro atoms. The van der Waals surface area contributed by atoms with E-state index in [1.54, 1.807) is 6.07 Å². The second kappa shape index (κ2) is 10.9. The Kier molecular flexibility index (Phi) is 8.28. The van der Waals surface area contributed by atoms with Crippen molar-refractivity contribution in [2.75, 3.05) is 40.9 Å². The fraction of sp³-hybridized carbons (Fsp3) is 0.524. The molecule has 2 fully saturated rings. The Morgan fingerprint density at radius 1 is 1.25 bits per heavy atom. The van der Waals surface area contributed by atoms with Crippen LogP contribution in [0.3, 0.4) is 0 Å². The molecular formula is C21H29N3O10P2. The number of hydrogen-bond donors (Lipinski definition) is 0. The second-order valence-electron chi connectivity index (χ2n) is 9.32. The molecule has 3 heterocycles. The molecule has 0 bridgehead atoms. The van der Waals surface area contributed by atoms with Gasteiger partial charge in [-0.15, -0.1) is 0 Å². The molecule has 3 unspecified atom stereocenters. The SMILES string of the molecule is C[N+](C)(C)CCOP(=O)([O-])OP1(=O)OC[C@H]2O[C@@H](n3cccnc3=O)C(OCc3ccccc3)[C@@H]2O1. The summed E-state index contributed by atoms with van der Waals surface area (Å²) in [5.41, 5.74) is 0.240. The molecule has 0 radical (unpaired) electrons. The van der Waals surface area contributed by atoms with Crippen LogP contribution in [0, 0.1) is 0 Å². The van der Waals surface area contributed by atoms with Crippen molar-refractivity contribution in [2.24, 2.45) is 0 Å². The van der Waals surface area contributed by atoms with Gasteiger partial charge in [0.15, 0.2) is 6.23 Å². The van der Waals surface area contributed by atoms with Gasteiger partial charge in [0, 0.05) is 12.4 Å². The summed E-state index contributed by atoms with van der Waals surface area (Å²) >= 11 is 0. The molecule has 0 saturated carbocycles. The summed E-state index contributed by atoms with van der Waals surface area (Å²) in [6, 6.07) is 10.8. The number of likely N-dealkylation sites (N-methyl/N-ethyl adjacent to an activating group) is 1. The molecule has 1 aromatic carbocycles. The molecule has 6 atom stereocenters. The number of ether oxygens (including phenoxy) is 2. The van der Waals surface area contributed by atoms with E-state index in [-0.39, 0.29) is 19.8 Å². The number of rotatable bonds is 10. The van der Waals surface area contributed by atoms with Gasteiger partial charge in [0.25, 0.3) is 7.82 Å². The highest BCUT2D eigenvalue weighted by Gasteiger charge is 2.55. The van der Waals surface area contributed by atoms with Gasteiger partial charge in [-0.3, -0.25) is 18.2 Å². The third-order valence-electron chi connectivity index (χ3n) is 5.44. The number of phosphoric acid groups is 2. The minimum absolute atomic E-state index is 0.118. The van der Waals surface area contributed by atoms with E-state index < -0.39 is 45.9 Å². The highest BCUT2D eigenvalue weighted by atomic mass is 31.3. The van der Waals surface area contributed by atoms with Gasteiger partial charge < -0.3 is 23.4 Å². The van der Waals surface area contributed by atoms with E-state index >= 15 is 0 Å². The van der Waals surface area contributed by atoms with E-state index in [1.807, 2.05) is 51.5 Å². The Hall–Kier alpha value is -1.76. The third-order valence-corrected chi connectivity index (χ3v) is 8.51. The van der Waals surface area contributed by atoms with Crippen LogP contribution in [0.15, 0.2) is 53.6 Å².